The lowest BCUT2D eigenvalue weighted by Gasteiger charge is -2.48. The molecule has 0 bridgehead atoms. The molecule has 1 saturated carbocycles. The first kappa shape index (κ1) is 13.8. The first-order valence-corrected chi connectivity index (χ1v) is 7.18. The molecule has 0 aromatic carbocycles. The summed E-state index contributed by atoms with van der Waals surface area (Å²) in [7, 11) is 0. The highest BCUT2D eigenvalue weighted by Gasteiger charge is 2.43. The number of hydrogen-bond donors (Lipinski definition) is 2. The average Bonchev–Trinajstić information content (AvgIpc) is 2.30. The van der Waals surface area contributed by atoms with Gasteiger partial charge in [0.05, 0.1) is 11.5 Å². The van der Waals surface area contributed by atoms with Crippen LogP contribution in [0.3, 0.4) is 0 Å². The van der Waals surface area contributed by atoms with E-state index in [1.54, 1.807) is 0 Å². The van der Waals surface area contributed by atoms with E-state index in [2.05, 4.69) is 10.6 Å². The van der Waals surface area contributed by atoms with E-state index < -0.39 is 0 Å². The predicted octanol–water partition coefficient (Wildman–Crippen LogP) is 1.31. The van der Waals surface area contributed by atoms with Gasteiger partial charge in [0.15, 0.2) is 0 Å². The fourth-order valence-corrected chi connectivity index (χ4v) is 2.90. The maximum absolute atomic E-state index is 11.9. The second kappa shape index (κ2) is 5.57. The summed E-state index contributed by atoms with van der Waals surface area (Å²) >= 11 is 0. The fraction of sp³-hybridized carbons (Fsp3) is 0.929. The molecule has 104 valence electrons. The van der Waals surface area contributed by atoms with Crippen LogP contribution in [0.1, 0.15) is 40.0 Å². The molecular formula is C14H26N2O2. The Morgan fingerprint density at radius 3 is 2.89 bits per heavy atom. The van der Waals surface area contributed by atoms with Crippen molar-refractivity contribution < 1.29 is 9.53 Å². The summed E-state index contributed by atoms with van der Waals surface area (Å²) in [6.45, 7) is 8.32. The van der Waals surface area contributed by atoms with Crippen LogP contribution in [0.5, 0.6) is 0 Å². The molecule has 0 radical (unpaired) electrons. The fourth-order valence-electron chi connectivity index (χ4n) is 2.90. The SMILES string of the molecule is CCNC(=O)C(C)(C)CN[C@@H]1C[C@@H]2OCCC[C@H]21. The monoisotopic (exact) mass is 254 g/mol. The lowest BCUT2D eigenvalue weighted by Crippen LogP contribution is -2.58. The van der Waals surface area contributed by atoms with Gasteiger partial charge in [-0.25, -0.2) is 0 Å². The third-order valence-corrected chi connectivity index (χ3v) is 4.25. The Hall–Kier alpha value is -0.610. The summed E-state index contributed by atoms with van der Waals surface area (Å²) in [4.78, 5) is 11.9. The summed E-state index contributed by atoms with van der Waals surface area (Å²) in [6, 6.07) is 0.545. The molecule has 1 saturated heterocycles. The number of nitrogens with one attached hydrogen (secondary N) is 2. The molecule has 2 N–H and O–H groups in total. The van der Waals surface area contributed by atoms with Crippen molar-refractivity contribution in [2.24, 2.45) is 11.3 Å². The van der Waals surface area contributed by atoms with E-state index >= 15 is 0 Å². The molecule has 1 amide bonds. The lowest BCUT2D eigenvalue weighted by atomic mass is 9.72. The summed E-state index contributed by atoms with van der Waals surface area (Å²) in [6.07, 6.45) is 4.03. The van der Waals surface area contributed by atoms with Gasteiger partial charge in [0.2, 0.25) is 5.91 Å². The van der Waals surface area contributed by atoms with Crippen LogP contribution >= 0.6 is 0 Å². The Morgan fingerprint density at radius 1 is 1.44 bits per heavy atom. The first-order valence-electron chi connectivity index (χ1n) is 7.18. The molecule has 0 aromatic heterocycles. The molecule has 3 atom stereocenters. The molecule has 0 aromatic rings. The van der Waals surface area contributed by atoms with Gasteiger partial charge in [0, 0.05) is 31.7 Å². The average molecular weight is 254 g/mol. The van der Waals surface area contributed by atoms with Crippen molar-refractivity contribution in [2.75, 3.05) is 19.7 Å². The van der Waals surface area contributed by atoms with Crippen LogP contribution in [-0.4, -0.2) is 37.7 Å². The summed E-state index contributed by atoms with van der Waals surface area (Å²) in [5.74, 6) is 0.803. The number of carbonyl (C=O) groups is 1. The number of carbonyl (C=O) groups excluding carboxylic acids is 1. The van der Waals surface area contributed by atoms with Crippen LogP contribution in [-0.2, 0) is 9.53 Å². The van der Waals surface area contributed by atoms with Crippen molar-refractivity contribution in [1.29, 1.82) is 0 Å². The van der Waals surface area contributed by atoms with E-state index in [4.69, 9.17) is 4.74 Å². The van der Waals surface area contributed by atoms with Gasteiger partial charge in [-0.1, -0.05) is 0 Å². The highest BCUT2D eigenvalue weighted by molar-refractivity contribution is 5.81. The van der Waals surface area contributed by atoms with E-state index in [1.807, 2.05) is 20.8 Å². The molecule has 0 unspecified atom stereocenters. The van der Waals surface area contributed by atoms with Crippen molar-refractivity contribution in [1.82, 2.24) is 10.6 Å². The highest BCUT2D eigenvalue weighted by Crippen LogP contribution is 2.38. The van der Waals surface area contributed by atoms with Gasteiger partial charge in [0.25, 0.3) is 0 Å². The van der Waals surface area contributed by atoms with E-state index in [-0.39, 0.29) is 11.3 Å². The van der Waals surface area contributed by atoms with Crippen LogP contribution < -0.4 is 10.6 Å². The van der Waals surface area contributed by atoms with Gasteiger partial charge in [-0.05, 0) is 40.0 Å². The van der Waals surface area contributed by atoms with Crippen molar-refractivity contribution >= 4 is 5.91 Å². The van der Waals surface area contributed by atoms with E-state index in [1.165, 1.54) is 12.8 Å². The Labute approximate surface area is 110 Å². The predicted molar refractivity (Wildman–Crippen MR) is 71.3 cm³/mol. The third-order valence-electron chi connectivity index (χ3n) is 4.25. The quantitative estimate of drug-likeness (QED) is 0.777. The van der Waals surface area contributed by atoms with Crippen LogP contribution in [0.2, 0.25) is 0 Å². The number of fused-ring (bicyclic) bond motifs is 1. The van der Waals surface area contributed by atoms with Crippen LogP contribution in [0.15, 0.2) is 0 Å². The van der Waals surface area contributed by atoms with Gasteiger partial charge in [-0.3, -0.25) is 4.79 Å². The van der Waals surface area contributed by atoms with Crippen LogP contribution in [0, 0.1) is 11.3 Å². The van der Waals surface area contributed by atoms with Crippen LogP contribution in [0.25, 0.3) is 0 Å². The molecule has 0 spiro atoms. The number of hydrogen-bond acceptors (Lipinski definition) is 3. The summed E-state index contributed by atoms with van der Waals surface area (Å²) in [5.41, 5.74) is -0.337. The smallest absolute Gasteiger partial charge is 0.226 e. The van der Waals surface area contributed by atoms with Gasteiger partial charge in [-0.15, -0.1) is 0 Å². The standard InChI is InChI=1S/C14H26N2O2/c1-4-15-13(17)14(2,3)9-16-11-8-12-10(11)6-5-7-18-12/h10-12,16H,4-9H2,1-3H3,(H,15,17)/t10-,11+,12-/m0/s1. The molecule has 2 fully saturated rings. The van der Waals surface area contributed by atoms with Gasteiger partial charge in [-0.2, -0.15) is 0 Å². The van der Waals surface area contributed by atoms with Gasteiger partial charge >= 0.3 is 0 Å². The zero-order valence-corrected chi connectivity index (χ0v) is 11.8. The molecule has 4 nitrogen and oxygen atoms in total. The third kappa shape index (κ3) is 2.86. The first-order chi connectivity index (χ1) is 8.54. The molecule has 1 heterocycles. The maximum atomic E-state index is 11.9. The molecule has 1 aliphatic carbocycles. The molecule has 18 heavy (non-hydrogen) atoms. The Balaban J connectivity index is 1.76. The number of ether oxygens (including phenoxy) is 1. The minimum Gasteiger partial charge on any atom is -0.378 e. The Kier molecular flexibility index (Phi) is 4.28. The normalized spacial score (nSPS) is 31.4. The van der Waals surface area contributed by atoms with Crippen molar-refractivity contribution in [3.8, 4) is 0 Å². The van der Waals surface area contributed by atoms with E-state index in [0.29, 0.717) is 24.6 Å². The maximum Gasteiger partial charge on any atom is 0.226 e. The second-order valence-corrected chi connectivity index (χ2v) is 6.18. The number of amides is 1. The summed E-state index contributed by atoms with van der Waals surface area (Å²) < 4.78 is 5.71. The topological polar surface area (TPSA) is 50.4 Å². The highest BCUT2D eigenvalue weighted by atomic mass is 16.5. The molecule has 2 rings (SSSR count). The second-order valence-electron chi connectivity index (χ2n) is 6.18. The molecule has 1 aliphatic heterocycles. The molecule has 4 heteroatoms. The van der Waals surface area contributed by atoms with Crippen molar-refractivity contribution in [3.63, 3.8) is 0 Å². The van der Waals surface area contributed by atoms with E-state index in [0.717, 1.165) is 19.6 Å². The van der Waals surface area contributed by atoms with Crippen molar-refractivity contribution in [2.45, 2.75) is 52.2 Å². The zero-order valence-electron chi connectivity index (χ0n) is 11.8. The minimum atomic E-state index is -0.337. The van der Waals surface area contributed by atoms with Crippen molar-refractivity contribution in [3.05, 3.63) is 0 Å². The van der Waals surface area contributed by atoms with E-state index in [9.17, 15) is 4.79 Å². The minimum absolute atomic E-state index is 0.133. The molecular weight excluding hydrogens is 228 g/mol. The zero-order chi connectivity index (χ0) is 13.2. The van der Waals surface area contributed by atoms with Crippen LogP contribution in [0.4, 0.5) is 0 Å². The number of rotatable bonds is 5. The Bertz CT molecular complexity index is 304. The van der Waals surface area contributed by atoms with Gasteiger partial charge < -0.3 is 15.4 Å². The summed E-state index contributed by atoms with van der Waals surface area (Å²) in [5, 5.41) is 6.46. The van der Waals surface area contributed by atoms with Gasteiger partial charge in [0.1, 0.15) is 0 Å². The largest absolute Gasteiger partial charge is 0.378 e. The molecule has 2 aliphatic rings. The Morgan fingerprint density at radius 2 is 2.22 bits per heavy atom. The lowest BCUT2D eigenvalue weighted by molar-refractivity contribution is -0.130.